The first kappa shape index (κ1) is 16.1. The van der Waals surface area contributed by atoms with E-state index in [9.17, 15) is 14.9 Å². The molecule has 1 fully saturated rings. The van der Waals surface area contributed by atoms with Crippen LogP contribution in [0.2, 0.25) is 0 Å². The lowest BCUT2D eigenvalue weighted by Gasteiger charge is -2.16. The quantitative estimate of drug-likeness (QED) is 0.677. The summed E-state index contributed by atoms with van der Waals surface area (Å²) in [5, 5.41) is 14.0. The zero-order valence-corrected chi connectivity index (χ0v) is 13.2. The van der Waals surface area contributed by atoms with Gasteiger partial charge in [0.25, 0.3) is 11.6 Å². The van der Waals surface area contributed by atoms with E-state index in [0.29, 0.717) is 0 Å². The summed E-state index contributed by atoms with van der Waals surface area (Å²) < 4.78 is 0. The van der Waals surface area contributed by atoms with Crippen LogP contribution in [-0.4, -0.2) is 34.9 Å². The molecule has 24 heavy (non-hydrogen) atoms. The lowest BCUT2D eigenvalue weighted by atomic mass is 10.1. The van der Waals surface area contributed by atoms with Crippen molar-refractivity contribution < 1.29 is 9.72 Å². The van der Waals surface area contributed by atoms with E-state index in [-0.39, 0.29) is 23.2 Å². The monoisotopic (exact) mass is 325 g/mol. The van der Waals surface area contributed by atoms with Crippen LogP contribution in [0.1, 0.15) is 22.3 Å². The number of carbonyl (C=O) groups excluding carboxylic acids is 1. The molecule has 1 aliphatic heterocycles. The summed E-state index contributed by atoms with van der Waals surface area (Å²) in [6, 6.07) is 16.2. The number of para-hydroxylation sites is 1. The number of hydrogen-bond acceptors (Lipinski definition) is 4. The van der Waals surface area contributed by atoms with Gasteiger partial charge in [0.2, 0.25) is 0 Å². The van der Waals surface area contributed by atoms with E-state index in [1.807, 2.05) is 18.2 Å². The molecule has 0 aromatic heterocycles. The van der Waals surface area contributed by atoms with Gasteiger partial charge < -0.3 is 5.32 Å². The summed E-state index contributed by atoms with van der Waals surface area (Å²) in [6.07, 6.45) is 0.846. The average Bonchev–Trinajstić information content (AvgIpc) is 3.02. The molecular formula is C18H19N3O3. The van der Waals surface area contributed by atoms with Gasteiger partial charge in [0, 0.05) is 31.7 Å². The number of nitrogens with zero attached hydrogens (tertiary/aromatic N) is 2. The van der Waals surface area contributed by atoms with Crippen molar-refractivity contribution in [3.8, 4) is 0 Å². The first-order valence-corrected chi connectivity index (χ1v) is 7.94. The van der Waals surface area contributed by atoms with E-state index in [0.717, 1.165) is 26.1 Å². The number of hydrogen-bond donors (Lipinski definition) is 1. The number of nitro benzene ring substituents is 1. The molecule has 1 aliphatic rings. The minimum atomic E-state index is -0.523. The molecular weight excluding hydrogens is 306 g/mol. The minimum absolute atomic E-state index is 0.0148. The van der Waals surface area contributed by atoms with Gasteiger partial charge in [0.1, 0.15) is 5.56 Å². The fraction of sp³-hybridized carbons (Fsp3) is 0.278. The predicted octanol–water partition coefficient (Wildman–Crippen LogP) is 2.60. The first-order chi connectivity index (χ1) is 11.6. The summed E-state index contributed by atoms with van der Waals surface area (Å²) in [4.78, 5) is 25.1. The van der Waals surface area contributed by atoms with Gasteiger partial charge in [-0.25, -0.2) is 0 Å². The van der Waals surface area contributed by atoms with Gasteiger partial charge in [-0.05, 0) is 18.1 Å². The summed E-state index contributed by atoms with van der Waals surface area (Å²) in [5.41, 5.74) is 1.20. The van der Waals surface area contributed by atoms with Crippen molar-refractivity contribution in [2.45, 2.75) is 19.0 Å². The molecule has 1 heterocycles. The largest absolute Gasteiger partial charge is 0.348 e. The first-order valence-electron chi connectivity index (χ1n) is 7.94. The van der Waals surface area contributed by atoms with Crippen molar-refractivity contribution in [3.05, 3.63) is 75.8 Å². The van der Waals surface area contributed by atoms with Crippen LogP contribution in [-0.2, 0) is 6.54 Å². The van der Waals surface area contributed by atoms with Gasteiger partial charge in [-0.3, -0.25) is 19.8 Å². The van der Waals surface area contributed by atoms with Crippen molar-refractivity contribution in [1.29, 1.82) is 0 Å². The molecule has 0 radical (unpaired) electrons. The maximum absolute atomic E-state index is 12.4. The van der Waals surface area contributed by atoms with Gasteiger partial charge in [-0.15, -0.1) is 0 Å². The Balaban J connectivity index is 1.59. The van der Waals surface area contributed by atoms with E-state index < -0.39 is 4.92 Å². The highest BCUT2D eigenvalue weighted by atomic mass is 16.6. The molecule has 0 bridgehead atoms. The molecule has 6 heteroatoms. The Morgan fingerprint density at radius 2 is 1.88 bits per heavy atom. The Hall–Kier alpha value is -2.73. The number of carbonyl (C=O) groups is 1. The second kappa shape index (κ2) is 7.23. The van der Waals surface area contributed by atoms with Crippen LogP contribution >= 0.6 is 0 Å². The fourth-order valence-corrected chi connectivity index (χ4v) is 3.02. The Morgan fingerprint density at radius 1 is 1.17 bits per heavy atom. The maximum Gasteiger partial charge on any atom is 0.282 e. The van der Waals surface area contributed by atoms with E-state index in [1.165, 1.54) is 17.7 Å². The van der Waals surface area contributed by atoms with Crippen LogP contribution in [0.25, 0.3) is 0 Å². The predicted molar refractivity (Wildman–Crippen MR) is 90.7 cm³/mol. The lowest BCUT2D eigenvalue weighted by molar-refractivity contribution is -0.385. The molecule has 1 atom stereocenters. The van der Waals surface area contributed by atoms with Gasteiger partial charge in [-0.1, -0.05) is 42.5 Å². The van der Waals surface area contributed by atoms with Crippen LogP contribution in [0, 0.1) is 10.1 Å². The number of rotatable bonds is 5. The van der Waals surface area contributed by atoms with Crippen molar-refractivity contribution in [2.24, 2.45) is 0 Å². The SMILES string of the molecule is O=C(N[C@H]1CCN(Cc2ccccc2)C1)c1ccccc1[N+](=O)[O-]. The zero-order valence-electron chi connectivity index (χ0n) is 13.2. The normalized spacial score (nSPS) is 17.6. The van der Waals surface area contributed by atoms with Crippen LogP contribution in [0.4, 0.5) is 5.69 Å². The zero-order chi connectivity index (χ0) is 16.9. The van der Waals surface area contributed by atoms with Gasteiger partial charge in [-0.2, -0.15) is 0 Å². The second-order valence-corrected chi connectivity index (χ2v) is 5.95. The van der Waals surface area contributed by atoms with Crippen molar-refractivity contribution in [1.82, 2.24) is 10.2 Å². The minimum Gasteiger partial charge on any atom is -0.348 e. The molecule has 2 aromatic carbocycles. The summed E-state index contributed by atoms with van der Waals surface area (Å²) in [7, 11) is 0. The summed E-state index contributed by atoms with van der Waals surface area (Å²) in [5.74, 6) is -0.381. The highest BCUT2D eigenvalue weighted by Gasteiger charge is 2.26. The van der Waals surface area contributed by atoms with Crippen molar-refractivity contribution >= 4 is 11.6 Å². The molecule has 0 unspecified atom stereocenters. The molecule has 0 saturated carbocycles. The Morgan fingerprint density at radius 3 is 2.62 bits per heavy atom. The fourth-order valence-electron chi connectivity index (χ4n) is 3.02. The van der Waals surface area contributed by atoms with E-state index in [2.05, 4.69) is 22.3 Å². The van der Waals surface area contributed by atoms with Crippen LogP contribution < -0.4 is 5.32 Å². The smallest absolute Gasteiger partial charge is 0.282 e. The molecule has 0 aliphatic carbocycles. The topological polar surface area (TPSA) is 75.5 Å². The van der Waals surface area contributed by atoms with Gasteiger partial charge >= 0.3 is 0 Å². The second-order valence-electron chi connectivity index (χ2n) is 5.95. The molecule has 1 amide bonds. The number of amides is 1. The van der Waals surface area contributed by atoms with E-state index in [1.54, 1.807) is 12.1 Å². The molecule has 2 aromatic rings. The standard InChI is InChI=1S/C18H19N3O3/c22-18(16-8-4-5-9-17(16)21(23)24)19-15-10-11-20(13-15)12-14-6-2-1-3-7-14/h1-9,15H,10-13H2,(H,19,22)/t15-/m0/s1. The number of nitro groups is 1. The van der Waals surface area contributed by atoms with E-state index in [4.69, 9.17) is 0 Å². The van der Waals surface area contributed by atoms with Crippen LogP contribution in [0.5, 0.6) is 0 Å². The van der Waals surface area contributed by atoms with Gasteiger partial charge in [0.15, 0.2) is 0 Å². The molecule has 124 valence electrons. The Bertz CT molecular complexity index is 733. The highest BCUT2D eigenvalue weighted by molar-refractivity contribution is 5.98. The van der Waals surface area contributed by atoms with Crippen LogP contribution in [0.15, 0.2) is 54.6 Å². The Kier molecular flexibility index (Phi) is 4.86. The Labute approximate surface area is 140 Å². The average molecular weight is 325 g/mol. The van der Waals surface area contributed by atoms with Crippen molar-refractivity contribution in [2.75, 3.05) is 13.1 Å². The molecule has 6 nitrogen and oxygen atoms in total. The summed E-state index contributed by atoms with van der Waals surface area (Å²) in [6.45, 7) is 2.50. The third-order valence-corrected chi connectivity index (χ3v) is 4.20. The lowest BCUT2D eigenvalue weighted by Crippen LogP contribution is -2.37. The van der Waals surface area contributed by atoms with E-state index >= 15 is 0 Å². The molecule has 3 rings (SSSR count). The number of nitrogens with one attached hydrogen (secondary N) is 1. The van der Waals surface area contributed by atoms with Crippen molar-refractivity contribution in [3.63, 3.8) is 0 Å². The third-order valence-electron chi connectivity index (χ3n) is 4.20. The number of benzene rings is 2. The summed E-state index contributed by atoms with van der Waals surface area (Å²) >= 11 is 0. The third kappa shape index (κ3) is 3.78. The van der Waals surface area contributed by atoms with Gasteiger partial charge in [0.05, 0.1) is 4.92 Å². The maximum atomic E-state index is 12.4. The number of likely N-dealkylation sites (tertiary alicyclic amines) is 1. The van der Waals surface area contributed by atoms with Crippen LogP contribution in [0.3, 0.4) is 0 Å². The molecule has 1 saturated heterocycles. The highest BCUT2D eigenvalue weighted by Crippen LogP contribution is 2.19. The molecule has 1 N–H and O–H groups in total. The molecule has 0 spiro atoms.